The fourth-order valence-corrected chi connectivity index (χ4v) is 2.22. The summed E-state index contributed by atoms with van der Waals surface area (Å²) < 4.78 is 33.8. The molecule has 2 N–H and O–H groups in total. The lowest BCUT2D eigenvalue weighted by atomic mass is 9.80. The second-order valence-electron chi connectivity index (χ2n) is 5.05. The summed E-state index contributed by atoms with van der Waals surface area (Å²) >= 11 is 0. The molecular weight excluding hydrogens is 268 g/mol. The van der Waals surface area contributed by atoms with Gasteiger partial charge in [0.1, 0.15) is 0 Å². The summed E-state index contributed by atoms with van der Waals surface area (Å²) in [6, 6.07) is 4.80. The highest BCUT2D eigenvalue weighted by molar-refractivity contribution is 5.42. The van der Waals surface area contributed by atoms with Gasteiger partial charge in [-0.15, -0.1) is 0 Å². The Morgan fingerprint density at radius 1 is 1.35 bits per heavy atom. The zero-order valence-electron chi connectivity index (χ0n) is 11.4. The largest absolute Gasteiger partial charge is 0.493 e. The first-order valence-electron chi connectivity index (χ1n) is 6.57. The zero-order chi connectivity index (χ0) is 14.6. The summed E-state index contributed by atoms with van der Waals surface area (Å²) in [5, 5.41) is 13.1. The zero-order valence-corrected chi connectivity index (χ0v) is 11.4. The van der Waals surface area contributed by atoms with Gasteiger partial charge in [-0.25, -0.2) is 0 Å². The van der Waals surface area contributed by atoms with E-state index in [2.05, 4.69) is 10.1 Å². The standard InChI is InChI=1S/C14H19F2NO3/c1-19-12-7-10(3-4-11(12)20-13(15)16)8-17-9-14(18)5-2-6-14/h3-4,7,13,17-18H,2,5-6,8-9H2,1H3. The van der Waals surface area contributed by atoms with Crippen LogP contribution in [-0.2, 0) is 6.54 Å². The van der Waals surface area contributed by atoms with E-state index in [9.17, 15) is 13.9 Å². The molecule has 20 heavy (non-hydrogen) atoms. The first-order valence-corrected chi connectivity index (χ1v) is 6.57. The summed E-state index contributed by atoms with van der Waals surface area (Å²) in [6.07, 6.45) is 2.71. The van der Waals surface area contributed by atoms with Crippen LogP contribution in [0.15, 0.2) is 18.2 Å². The van der Waals surface area contributed by atoms with Crippen LogP contribution in [0.2, 0.25) is 0 Å². The average molecular weight is 287 g/mol. The molecule has 6 heteroatoms. The molecule has 0 aromatic heterocycles. The number of hydrogen-bond acceptors (Lipinski definition) is 4. The Morgan fingerprint density at radius 3 is 2.65 bits per heavy atom. The van der Waals surface area contributed by atoms with Gasteiger partial charge >= 0.3 is 6.61 Å². The lowest BCUT2D eigenvalue weighted by molar-refractivity contribution is -0.0512. The molecule has 1 aromatic carbocycles. The third kappa shape index (κ3) is 3.80. The van der Waals surface area contributed by atoms with Gasteiger partial charge in [-0.3, -0.25) is 0 Å². The van der Waals surface area contributed by atoms with Crippen molar-refractivity contribution in [2.24, 2.45) is 0 Å². The molecule has 0 atom stereocenters. The molecule has 0 heterocycles. The van der Waals surface area contributed by atoms with Gasteiger partial charge in [-0.2, -0.15) is 8.78 Å². The fraction of sp³-hybridized carbons (Fsp3) is 0.571. The highest BCUT2D eigenvalue weighted by Crippen LogP contribution is 2.31. The van der Waals surface area contributed by atoms with Crippen molar-refractivity contribution in [2.75, 3.05) is 13.7 Å². The van der Waals surface area contributed by atoms with E-state index in [1.54, 1.807) is 12.1 Å². The van der Waals surface area contributed by atoms with Crippen LogP contribution in [-0.4, -0.2) is 31.0 Å². The van der Waals surface area contributed by atoms with Crippen LogP contribution < -0.4 is 14.8 Å². The number of aliphatic hydroxyl groups is 1. The minimum Gasteiger partial charge on any atom is -0.493 e. The molecule has 0 spiro atoms. The number of rotatable bonds is 7. The van der Waals surface area contributed by atoms with Crippen LogP contribution in [0.4, 0.5) is 8.78 Å². The summed E-state index contributed by atoms with van der Waals surface area (Å²) in [6.45, 7) is -1.81. The SMILES string of the molecule is COc1cc(CNCC2(O)CCC2)ccc1OC(F)F. The van der Waals surface area contributed by atoms with E-state index in [1.165, 1.54) is 13.2 Å². The van der Waals surface area contributed by atoms with Crippen molar-refractivity contribution < 1.29 is 23.4 Å². The van der Waals surface area contributed by atoms with Gasteiger partial charge < -0.3 is 19.9 Å². The Hall–Kier alpha value is -1.40. The number of ether oxygens (including phenoxy) is 2. The number of nitrogens with one attached hydrogen (secondary N) is 1. The molecule has 1 aliphatic rings. The minimum absolute atomic E-state index is 0.0175. The van der Waals surface area contributed by atoms with Crippen LogP contribution >= 0.6 is 0 Å². The van der Waals surface area contributed by atoms with E-state index in [0.29, 0.717) is 13.1 Å². The molecule has 1 aliphatic carbocycles. The molecule has 0 bridgehead atoms. The van der Waals surface area contributed by atoms with Gasteiger partial charge in [0.2, 0.25) is 0 Å². The molecule has 1 saturated carbocycles. The lowest BCUT2D eigenvalue weighted by Gasteiger charge is -2.36. The maximum Gasteiger partial charge on any atom is 0.387 e. The first kappa shape index (κ1) is 15.0. The summed E-state index contributed by atoms with van der Waals surface area (Å²) in [5.74, 6) is 0.288. The van der Waals surface area contributed by atoms with Gasteiger partial charge in [0.05, 0.1) is 12.7 Å². The smallest absolute Gasteiger partial charge is 0.387 e. The molecule has 4 nitrogen and oxygen atoms in total. The Balaban J connectivity index is 1.91. The van der Waals surface area contributed by atoms with Crippen molar-refractivity contribution in [2.45, 2.75) is 38.0 Å². The average Bonchev–Trinajstić information content (AvgIpc) is 2.37. The second-order valence-corrected chi connectivity index (χ2v) is 5.05. The predicted molar refractivity (Wildman–Crippen MR) is 70.1 cm³/mol. The summed E-state index contributed by atoms with van der Waals surface area (Å²) in [5.41, 5.74) is 0.300. The van der Waals surface area contributed by atoms with Crippen molar-refractivity contribution in [1.29, 1.82) is 0 Å². The van der Waals surface area contributed by atoms with Crippen LogP contribution in [0.25, 0.3) is 0 Å². The van der Waals surface area contributed by atoms with Gasteiger partial charge in [-0.1, -0.05) is 6.07 Å². The molecule has 1 aromatic rings. The maximum absolute atomic E-state index is 12.2. The van der Waals surface area contributed by atoms with E-state index in [4.69, 9.17) is 4.74 Å². The number of halogens is 2. The molecule has 0 amide bonds. The third-order valence-corrected chi connectivity index (χ3v) is 3.51. The van der Waals surface area contributed by atoms with Crippen LogP contribution in [0.3, 0.4) is 0 Å². The normalized spacial score (nSPS) is 16.9. The van der Waals surface area contributed by atoms with E-state index in [-0.39, 0.29) is 11.5 Å². The van der Waals surface area contributed by atoms with Gasteiger partial charge in [0, 0.05) is 13.1 Å². The van der Waals surface area contributed by atoms with E-state index >= 15 is 0 Å². The molecule has 0 aliphatic heterocycles. The van der Waals surface area contributed by atoms with Crippen molar-refractivity contribution in [3.8, 4) is 11.5 Å². The summed E-state index contributed by atoms with van der Waals surface area (Å²) in [4.78, 5) is 0. The van der Waals surface area contributed by atoms with Gasteiger partial charge in [0.15, 0.2) is 11.5 Å². The third-order valence-electron chi connectivity index (χ3n) is 3.51. The Kier molecular flexibility index (Phi) is 4.77. The molecule has 0 unspecified atom stereocenters. The predicted octanol–water partition coefficient (Wildman–Crippen LogP) is 2.30. The van der Waals surface area contributed by atoms with Crippen molar-refractivity contribution in [3.05, 3.63) is 23.8 Å². The monoisotopic (exact) mass is 287 g/mol. The van der Waals surface area contributed by atoms with Crippen LogP contribution in [0.1, 0.15) is 24.8 Å². The number of alkyl halides is 2. The van der Waals surface area contributed by atoms with Gasteiger partial charge in [-0.05, 0) is 37.0 Å². The molecule has 0 radical (unpaired) electrons. The molecule has 2 rings (SSSR count). The van der Waals surface area contributed by atoms with E-state index in [0.717, 1.165) is 24.8 Å². The van der Waals surface area contributed by atoms with Crippen molar-refractivity contribution in [1.82, 2.24) is 5.32 Å². The minimum atomic E-state index is -2.87. The molecule has 112 valence electrons. The van der Waals surface area contributed by atoms with E-state index < -0.39 is 12.2 Å². The lowest BCUT2D eigenvalue weighted by Crippen LogP contribution is -2.45. The highest BCUT2D eigenvalue weighted by atomic mass is 19.3. The maximum atomic E-state index is 12.2. The Morgan fingerprint density at radius 2 is 2.10 bits per heavy atom. The second kappa shape index (κ2) is 6.37. The molecule has 0 saturated heterocycles. The Labute approximate surface area is 116 Å². The van der Waals surface area contributed by atoms with Crippen molar-refractivity contribution in [3.63, 3.8) is 0 Å². The number of hydrogen-bond donors (Lipinski definition) is 2. The number of methoxy groups -OCH3 is 1. The van der Waals surface area contributed by atoms with Crippen molar-refractivity contribution >= 4 is 0 Å². The van der Waals surface area contributed by atoms with E-state index in [1.807, 2.05) is 0 Å². The quantitative estimate of drug-likeness (QED) is 0.808. The molecule has 1 fully saturated rings. The van der Waals surface area contributed by atoms with Gasteiger partial charge in [0.25, 0.3) is 0 Å². The number of benzene rings is 1. The topological polar surface area (TPSA) is 50.7 Å². The van der Waals surface area contributed by atoms with Crippen LogP contribution in [0.5, 0.6) is 11.5 Å². The highest BCUT2D eigenvalue weighted by Gasteiger charge is 2.33. The molecular formula is C14H19F2NO3. The fourth-order valence-electron chi connectivity index (χ4n) is 2.22. The summed E-state index contributed by atoms with van der Waals surface area (Å²) in [7, 11) is 1.40. The van der Waals surface area contributed by atoms with Crippen LogP contribution in [0, 0.1) is 0 Å². The Bertz CT molecular complexity index is 450. The first-order chi connectivity index (χ1) is 9.52.